The van der Waals surface area contributed by atoms with E-state index in [1.165, 1.54) is 37.5 Å². The van der Waals surface area contributed by atoms with E-state index in [0.29, 0.717) is 11.5 Å². The lowest BCUT2D eigenvalue weighted by Crippen LogP contribution is -2.40. The van der Waals surface area contributed by atoms with Crippen LogP contribution in [0.1, 0.15) is 15.9 Å². The first-order valence-corrected chi connectivity index (χ1v) is 11.5. The molecular formula is C24H23N3O6S. The highest BCUT2D eigenvalue weighted by molar-refractivity contribution is 7.92. The molecule has 0 spiro atoms. The van der Waals surface area contributed by atoms with Gasteiger partial charge in [0.1, 0.15) is 11.5 Å². The summed E-state index contributed by atoms with van der Waals surface area (Å²) in [5.74, 6) is -0.258. The van der Waals surface area contributed by atoms with Crippen LogP contribution in [0.5, 0.6) is 11.5 Å². The maximum absolute atomic E-state index is 12.8. The molecule has 0 aliphatic carbocycles. The number of hydrogen-bond donors (Lipinski definition) is 3. The van der Waals surface area contributed by atoms with Crippen LogP contribution >= 0.6 is 0 Å². The molecule has 176 valence electrons. The third kappa shape index (κ3) is 6.36. The lowest BCUT2D eigenvalue weighted by atomic mass is 10.2. The van der Waals surface area contributed by atoms with E-state index in [4.69, 9.17) is 9.47 Å². The molecule has 0 heterocycles. The number of methoxy groups -OCH3 is 2. The quantitative estimate of drug-likeness (QED) is 0.336. The van der Waals surface area contributed by atoms with Crippen molar-refractivity contribution in [1.82, 2.24) is 10.9 Å². The Kier molecular flexibility index (Phi) is 7.88. The number of hydrogen-bond acceptors (Lipinski definition) is 6. The van der Waals surface area contributed by atoms with E-state index < -0.39 is 21.8 Å². The first-order valence-electron chi connectivity index (χ1n) is 10.0. The molecule has 3 N–H and O–H groups in total. The molecule has 9 nitrogen and oxygen atoms in total. The van der Waals surface area contributed by atoms with E-state index in [9.17, 15) is 18.0 Å². The van der Waals surface area contributed by atoms with Crippen molar-refractivity contribution in [2.45, 2.75) is 4.90 Å². The van der Waals surface area contributed by atoms with E-state index in [2.05, 4.69) is 15.6 Å². The average Bonchev–Trinajstić information content (AvgIpc) is 2.86. The van der Waals surface area contributed by atoms with Crippen molar-refractivity contribution in [3.05, 3.63) is 90.0 Å². The summed E-state index contributed by atoms with van der Waals surface area (Å²) in [6, 6.07) is 19.0. The molecule has 0 bridgehead atoms. The molecule has 0 radical (unpaired) electrons. The van der Waals surface area contributed by atoms with Gasteiger partial charge in [-0.25, -0.2) is 8.42 Å². The van der Waals surface area contributed by atoms with Crippen LogP contribution < -0.4 is 25.0 Å². The zero-order valence-corrected chi connectivity index (χ0v) is 19.3. The Morgan fingerprint density at radius 1 is 0.853 bits per heavy atom. The van der Waals surface area contributed by atoms with Crippen molar-refractivity contribution in [2.75, 3.05) is 18.9 Å². The standard InChI is InChI=1S/C24H23N3O6S/c1-32-19-9-5-7-17(15-19)13-14-23(28)25-26-24(29)18-8-6-10-20(16-18)34(30,31)27-21-11-3-4-12-22(21)33-2/h3-16,27H,1-2H3,(H,25,28)(H,26,29)/b14-13+. The molecule has 0 atom stereocenters. The molecule has 0 aromatic heterocycles. The van der Waals surface area contributed by atoms with Crippen LogP contribution in [0, 0.1) is 0 Å². The van der Waals surface area contributed by atoms with Gasteiger partial charge in [-0.2, -0.15) is 0 Å². The third-order valence-corrected chi connectivity index (χ3v) is 5.94. The second-order valence-electron chi connectivity index (χ2n) is 6.89. The number of carbonyl (C=O) groups is 2. The normalized spacial score (nSPS) is 11.0. The lowest BCUT2D eigenvalue weighted by molar-refractivity contribution is -0.117. The van der Waals surface area contributed by atoms with Crippen LogP contribution in [0.3, 0.4) is 0 Å². The minimum Gasteiger partial charge on any atom is -0.497 e. The monoisotopic (exact) mass is 481 g/mol. The Balaban J connectivity index is 1.65. The largest absolute Gasteiger partial charge is 0.497 e. The van der Waals surface area contributed by atoms with Crippen molar-refractivity contribution in [3.8, 4) is 11.5 Å². The van der Waals surface area contributed by atoms with Gasteiger partial charge < -0.3 is 9.47 Å². The van der Waals surface area contributed by atoms with E-state index in [-0.39, 0.29) is 16.1 Å². The van der Waals surface area contributed by atoms with E-state index in [0.717, 1.165) is 5.56 Å². The molecule has 0 saturated heterocycles. The van der Waals surface area contributed by atoms with E-state index >= 15 is 0 Å². The fraction of sp³-hybridized carbons (Fsp3) is 0.0833. The summed E-state index contributed by atoms with van der Waals surface area (Å²) in [6.07, 6.45) is 2.80. The highest BCUT2D eigenvalue weighted by Gasteiger charge is 2.18. The number of para-hydroxylation sites is 2. The van der Waals surface area contributed by atoms with Gasteiger partial charge in [-0.1, -0.05) is 30.3 Å². The van der Waals surface area contributed by atoms with Crippen LogP contribution in [0.2, 0.25) is 0 Å². The maximum atomic E-state index is 12.8. The van der Waals surface area contributed by atoms with Crippen LogP contribution in [-0.4, -0.2) is 34.5 Å². The first kappa shape index (κ1) is 24.3. The second-order valence-corrected chi connectivity index (χ2v) is 8.57. The minimum atomic E-state index is -4.00. The number of amides is 2. The fourth-order valence-corrected chi connectivity index (χ4v) is 4.00. The molecule has 0 aliphatic rings. The fourth-order valence-electron chi connectivity index (χ4n) is 2.89. The van der Waals surface area contributed by atoms with Gasteiger partial charge in [0, 0.05) is 11.6 Å². The number of sulfonamides is 1. The van der Waals surface area contributed by atoms with Crippen LogP contribution in [-0.2, 0) is 14.8 Å². The number of hydrazine groups is 1. The van der Waals surface area contributed by atoms with Crippen LogP contribution in [0.4, 0.5) is 5.69 Å². The molecule has 10 heteroatoms. The third-order valence-electron chi connectivity index (χ3n) is 4.58. The van der Waals surface area contributed by atoms with Gasteiger partial charge in [0.15, 0.2) is 0 Å². The minimum absolute atomic E-state index is 0.0416. The number of ether oxygens (including phenoxy) is 2. The van der Waals surface area contributed by atoms with Gasteiger partial charge in [0.2, 0.25) is 0 Å². The molecule has 0 saturated carbocycles. The molecule has 0 aliphatic heterocycles. The number of benzene rings is 3. The predicted octanol–water partition coefficient (Wildman–Crippen LogP) is 2.98. The first-order chi connectivity index (χ1) is 16.3. The molecule has 0 fully saturated rings. The van der Waals surface area contributed by atoms with Gasteiger partial charge in [-0.05, 0) is 54.1 Å². The SMILES string of the molecule is COc1cccc(/C=C/C(=O)NNC(=O)c2cccc(S(=O)(=O)Nc3ccccc3OC)c2)c1. The summed E-state index contributed by atoms with van der Waals surface area (Å²) in [5, 5.41) is 0. The summed E-state index contributed by atoms with van der Waals surface area (Å²) < 4.78 is 38.3. The van der Waals surface area contributed by atoms with E-state index in [1.54, 1.807) is 61.7 Å². The Morgan fingerprint density at radius 3 is 2.38 bits per heavy atom. The summed E-state index contributed by atoms with van der Waals surface area (Å²) in [5.41, 5.74) is 5.55. The zero-order chi connectivity index (χ0) is 24.6. The van der Waals surface area contributed by atoms with Crippen molar-refractivity contribution in [3.63, 3.8) is 0 Å². The number of rotatable bonds is 8. The molecule has 3 aromatic carbocycles. The molecule has 3 aromatic rings. The van der Waals surface area contributed by atoms with Gasteiger partial charge >= 0.3 is 0 Å². The number of nitrogens with one attached hydrogen (secondary N) is 3. The van der Waals surface area contributed by atoms with Gasteiger partial charge in [0.05, 0.1) is 24.8 Å². The van der Waals surface area contributed by atoms with Crippen LogP contribution in [0.15, 0.2) is 83.8 Å². The van der Waals surface area contributed by atoms with Gasteiger partial charge in [-0.3, -0.25) is 25.2 Å². The summed E-state index contributed by atoms with van der Waals surface area (Å²) in [7, 11) is -1.03. The zero-order valence-electron chi connectivity index (χ0n) is 18.4. The van der Waals surface area contributed by atoms with Crippen LogP contribution in [0.25, 0.3) is 6.08 Å². The molecule has 2 amide bonds. The summed E-state index contributed by atoms with van der Waals surface area (Å²) >= 11 is 0. The highest BCUT2D eigenvalue weighted by Crippen LogP contribution is 2.26. The van der Waals surface area contributed by atoms with Crippen molar-refractivity contribution < 1.29 is 27.5 Å². The Morgan fingerprint density at radius 2 is 1.62 bits per heavy atom. The van der Waals surface area contributed by atoms with E-state index in [1.807, 2.05) is 0 Å². The smallest absolute Gasteiger partial charge is 0.269 e. The topological polar surface area (TPSA) is 123 Å². The summed E-state index contributed by atoms with van der Waals surface area (Å²) in [4.78, 5) is 24.3. The average molecular weight is 482 g/mol. The lowest BCUT2D eigenvalue weighted by Gasteiger charge is -2.12. The Bertz CT molecular complexity index is 1320. The van der Waals surface area contributed by atoms with Crippen molar-refractivity contribution in [2.24, 2.45) is 0 Å². The van der Waals surface area contributed by atoms with Crippen molar-refractivity contribution >= 4 is 33.6 Å². The molecule has 34 heavy (non-hydrogen) atoms. The maximum Gasteiger partial charge on any atom is 0.269 e. The molecule has 0 unspecified atom stereocenters. The number of carbonyl (C=O) groups excluding carboxylic acids is 2. The number of anilines is 1. The predicted molar refractivity (Wildman–Crippen MR) is 128 cm³/mol. The Hall–Kier alpha value is -4.31. The summed E-state index contributed by atoms with van der Waals surface area (Å²) in [6.45, 7) is 0. The molecule has 3 rings (SSSR count). The highest BCUT2D eigenvalue weighted by atomic mass is 32.2. The van der Waals surface area contributed by atoms with Crippen molar-refractivity contribution in [1.29, 1.82) is 0 Å². The van der Waals surface area contributed by atoms with Gasteiger partial charge in [0.25, 0.3) is 21.8 Å². The van der Waals surface area contributed by atoms with Gasteiger partial charge in [-0.15, -0.1) is 0 Å². The second kappa shape index (κ2) is 11.0. The molecular weight excluding hydrogens is 458 g/mol. The Labute approximate surface area is 197 Å².